The van der Waals surface area contributed by atoms with Crippen molar-refractivity contribution in [2.24, 2.45) is 17.3 Å². The van der Waals surface area contributed by atoms with Crippen LogP contribution >= 0.6 is 0 Å². The Morgan fingerprint density at radius 2 is 2.09 bits per heavy atom. The fourth-order valence-electron chi connectivity index (χ4n) is 5.76. The molecule has 5 atom stereocenters. The summed E-state index contributed by atoms with van der Waals surface area (Å²) in [7, 11) is 0. The molecule has 3 aliphatic rings. The highest BCUT2D eigenvalue weighted by Gasteiger charge is 2.54. The van der Waals surface area contributed by atoms with Gasteiger partial charge in [0.1, 0.15) is 5.75 Å². The summed E-state index contributed by atoms with van der Waals surface area (Å²) < 4.78 is 5.24. The van der Waals surface area contributed by atoms with Crippen molar-refractivity contribution in [2.45, 2.75) is 64.4 Å². The third kappa shape index (κ3) is 2.32. The first kappa shape index (κ1) is 15.2. The van der Waals surface area contributed by atoms with Gasteiger partial charge in [-0.15, -0.1) is 0 Å². The molecule has 3 aliphatic carbocycles. The van der Waals surface area contributed by atoms with Crippen molar-refractivity contribution in [1.29, 1.82) is 0 Å². The van der Waals surface area contributed by atoms with Crippen LogP contribution in [0, 0.1) is 17.3 Å². The zero-order chi connectivity index (χ0) is 16.2. The van der Waals surface area contributed by atoms with E-state index in [1.807, 2.05) is 6.07 Å². The molecule has 1 aromatic carbocycles. The summed E-state index contributed by atoms with van der Waals surface area (Å²) in [4.78, 5) is 11.2. The number of hydrogen-bond donors (Lipinski definition) is 1. The number of aryl methyl sites for hydroxylation is 1. The Morgan fingerprint density at radius 3 is 2.87 bits per heavy atom. The van der Waals surface area contributed by atoms with Gasteiger partial charge in [0.05, 0.1) is 6.10 Å². The van der Waals surface area contributed by atoms with Gasteiger partial charge in [0.2, 0.25) is 0 Å². The largest absolute Gasteiger partial charge is 0.427 e. The van der Waals surface area contributed by atoms with Gasteiger partial charge in [-0.1, -0.05) is 13.0 Å². The maximum Gasteiger partial charge on any atom is 0.308 e. The Hall–Kier alpha value is -1.35. The Balaban J connectivity index is 1.63. The van der Waals surface area contributed by atoms with Crippen LogP contribution in [-0.4, -0.2) is 17.2 Å². The highest BCUT2D eigenvalue weighted by atomic mass is 16.5. The molecule has 0 radical (unpaired) electrons. The predicted molar refractivity (Wildman–Crippen MR) is 88.4 cm³/mol. The van der Waals surface area contributed by atoms with E-state index in [1.54, 1.807) is 0 Å². The molecule has 0 aromatic heterocycles. The second-order valence-corrected chi connectivity index (χ2v) is 8.01. The van der Waals surface area contributed by atoms with Gasteiger partial charge in [0.25, 0.3) is 0 Å². The molecule has 2 saturated carbocycles. The SMILES string of the molecule is CC(=O)Oc1ccc2c(c1)CC[C@@H]1[C@@H]2CC[C@]2(C)C(O)CC[C@@H]12. The van der Waals surface area contributed by atoms with Crippen molar-refractivity contribution in [1.82, 2.24) is 0 Å². The van der Waals surface area contributed by atoms with Gasteiger partial charge in [-0.05, 0) is 85.0 Å². The summed E-state index contributed by atoms with van der Waals surface area (Å²) in [5.74, 6) is 2.41. The van der Waals surface area contributed by atoms with E-state index < -0.39 is 0 Å². The molecule has 2 fully saturated rings. The third-order valence-corrected chi connectivity index (χ3v) is 6.91. The number of esters is 1. The minimum Gasteiger partial charge on any atom is -0.427 e. The molecule has 0 saturated heterocycles. The van der Waals surface area contributed by atoms with E-state index in [-0.39, 0.29) is 17.5 Å². The number of ether oxygens (including phenoxy) is 1. The van der Waals surface area contributed by atoms with Crippen LogP contribution in [0.15, 0.2) is 18.2 Å². The molecular formula is C20H26O3. The molecule has 124 valence electrons. The van der Waals surface area contributed by atoms with Crippen molar-refractivity contribution in [3.05, 3.63) is 29.3 Å². The first-order valence-electron chi connectivity index (χ1n) is 8.98. The number of fused-ring (bicyclic) bond motifs is 5. The fraction of sp³-hybridized carbons (Fsp3) is 0.650. The van der Waals surface area contributed by atoms with Crippen LogP contribution in [0.25, 0.3) is 0 Å². The second kappa shape index (κ2) is 5.34. The summed E-state index contributed by atoms with van der Waals surface area (Å²) in [5.41, 5.74) is 2.95. The average molecular weight is 314 g/mol. The predicted octanol–water partition coefficient (Wildman–Crippen LogP) is 3.83. The summed E-state index contributed by atoms with van der Waals surface area (Å²) in [6.45, 7) is 3.76. The summed E-state index contributed by atoms with van der Waals surface area (Å²) >= 11 is 0. The van der Waals surface area contributed by atoms with Crippen molar-refractivity contribution in [2.75, 3.05) is 0 Å². The Bertz CT molecular complexity index is 638. The van der Waals surface area contributed by atoms with E-state index in [0.29, 0.717) is 23.5 Å². The van der Waals surface area contributed by atoms with Crippen LogP contribution < -0.4 is 4.74 Å². The summed E-state index contributed by atoms with van der Waals surface area (Å²) in [5, 5.41) is 10.4. The van der Waals surface area contributed by atoms with E-state index in [2.05, 4.69) is 19.1 Å². The number of carbonyl (C=O) groups is 1. The number of aliphatic hydroxyl groups excluding tert-OH is 1. The molecule has 4 rings (SSSR count). The quantitative estimate of drug-likeness (QED) is 0.633. The lowest BCUT2D eigenvalue weighted by molar-refractivity contribution is -0.131. The van der Waals surface area contributed by atoms with Crippen LogP contribution in [0.5, 0.6) is 5.75 Å². The van der Waals surface area contributed by atoms with E-state index in [4.69, 9.17) is 4.74 Å². The Labute approximate surface area is 138 Å². The van der Waals surface area contributed by atoms with E-state index in [0.717, 1.165) is 19.3 Å². The highest BCUT2D eigenvalue weighted by Crippen LogP contribution is 2.60. The Morgan fingerprint density at radius 1 is 1.26 bits per heavy atom. The van der Waals surface area contributed by atoms with Crippen molar-refractivity contribution >= 4 is 5.97 Å². The topological polar surface area (TPSA) is 46.5 Å². The second-order valence-electron chi connectivity index (χ2n) is 8.01. The molecule has 1 aromatic rings. The fourth-order valence-corrected chi connectivity index (χ4v) is 5.76. The average Bonchev–Trinajstić information content (AvgIpc) is 2.82. The van der Waals surface area contributed by atoms with Crippen LogP contribution in [0.2, 0.25) is 0 Å². The van der Waals surface area contributed by atoms with E-state index in [9.17, 15) is 9.90 Å². The van der Waals surface area contributed by atoms with Gasteiger partial charge in [0.15, 0.2) is 0 Å². The highest BCUT2D eigenvalue weighted by molar-refractivity contribution is 5.69. The van der Waals surface area contributed by atoms with Gasteiger partial charge >= 0.3 is 5.97 Å². The number of benzene rings is 1. The number of carbonyl (C=O) groups excluding carboxylic acids is 1. The standard InChI is InChI=1S/C20H26O3/c1-12(21)23-14-4-6-15-13(11-14)3-5-17-16(15)9-10-20(2)18(17)7-8-19(20)22/h4,6,11,16-19,22H,3,5,7-10H2,1-2H3/t16-,17-,18+,19?,20+/m1/s1. The van der Waals surface area contributed by atoms with Crippen LogP contribution in [0.4, 0.5) is 0 Å². The minimum absolute atomic E-state index is 0.110. The summed E-state index contributed by atoms with van der Waals surface area (Å²) in [6.07, 6.45) is 6.62. The molecule has 0 heterocycles. The molecule has 1 unspecified atom stereocenters. The molecule has 0 aliphatic heterocycles. The van der Waals surface area contributed by atoms with E-state index >= 15 is 0 Å². The van der Waals surface area contributed by atoms with Crippen molar-refractivity contribution in [3.8, 4) is 5.75 Å². The lowest BCUT2D eigenvalue weighted by Crippen LogP contribution is -2.43. The first-order chi connectivity index (χ1) is 11.0. The zero-order valence-corrected chi connectivity index (χ0v) is 14.0. The van der Waals surface area contributed by atoms with Crippen molar-refractivity contribution < 1.29 is 14.6 Å². The first-order valence-corrected chi connectivity index (χ1v) is 8.98. The number of aliphatic hydroxyl groups is 1. The molecule has 1 N–H and O–H groups in total. The zero-order valence-electron chi connectivity index (χ0n) is 14.0. The van der Waals surface area contributed by atoms with E-state index in [1.165, 1.54) is 37.3 Å². The van der Waals surface area contributed by atoms with Crippen LogP contribution in [-0.2, 0) is 11.2 Å². The molecular weight excluding hydrogens is 288 g/mol. The monoisotopic (exact) mass is 314 g/mol. The third-order valence-electron chi connectivity index (χ3n) is 6.91. The maximum atomic E-state index is 11.2. The summed E-state index contributed by atoms with van der Waals surface area (Å²) in [6, 6.07) is 6.18. The lowest BCUT2D eigenvalue weighted by Gasteiger charge is -2.50. The molecule has 23 heavy (non-hydrogen) atoms. The minimum atomic E-state index is -0.257. The Kier molecular flexibility index (Phi) is 3.53. The molecule has 0 spiro atoms. The maximum absolute atomic E-state index is 11.2. The van der Waals surface area contributed by atoms with Gasteiger partial charge in [0, 0.05) is 6.92 Å². The smallest absolute Gasteiger partial charge is 0.308 e. The van der Waals surface area contributed by atoms with Gasteiger partial charge in [-0.3, -0.25) is 4.79 Å². The molecule has 0 bridgehead atoms. The van der Waals surface area contributed by atoms with Crippen LogP contribution in [0.1, 0.15) is 63.0 Å². The van der Waals surface area contributed by atoms with Gasteiger partial charge in [-0.2, -0.15) is 0 Å². The van der Waals surface area contributed by atoms with Gasteiger partial charge < -0.3 is 9.84 Å². The number of rotatable bonds is 1. The molecule has 0 amide bonds. The van der Waals surface area contributed by atoms with Crippen molar-refractivity contribution in [3.63, 3.8) is 0 Å². The molecule has 3 nitrogen and oxygen atoms in total. The van der Waals surface area contributed by atoms with Gasteiger partial charge in [-0.25, -0.2) is 0 Å². The normalized spacial score (nSPS) is 38.4. The molecule has 3 heteroatoms. The number of hydrogen-bond acceptors (Lipinski definition) is 3. The lowest BCUT2D eigenvalue weighted by atomic mass is 9.55. The van der Waals surface area contributed by atoms with Crippen LogP contribution in [0.3, 0.4) is 0 Å².